The van der Waals surface area contributed by atoms with Crippen molar-refractivity contribution in [3.63, 3.8) is 0 Å². The van der Waals surface area contributed by atoms with Crippen LogP contribution in [0.5, 0.6) is 0 Å². The summed E-state index contributed by atoms with van der Waals surface area (Å²) in [4.78, 5) is 12.3. The number of carbonyl (C=O) groups excluding carboxylic acids is 1. The topological polar surface area (TPSA) is 109 Å². The number of halogens is 1. The van der Waals surface area contributed by atoms with Crippen molar-refractivity contribution in [3.8, 4) is 5.69 Å². The number of aliphatic hydroxyl groups excluding tert-OH is 1. The van der Waals surface area contributed by atoms with E-state index in [1.54, 1.807) is 30.5 Å². The Labute approximate surface area is 158 Å². The van der Waals surface area contributed by atoms with Gasteiger partial charge in [0.25, 0.3) is 5.91 Å². The Morgan fingerprint density at radius 3 is 2.89 bits per heavy atom. The van der Waals surface area contributed by atoms with E-state index in [-0.39, 0.29) is 12.2 Å². The highest BCUT2D eigenvalue weighted by molar-refractivity contribution is 6.30. The molecule has 0 spiro atoms. The summed E-state index contributed by atoms with van der Waals surface area (Å²) in [7, 11) is 0. The molecule has 0 aliphatic rings. The van der Waals surface area contributed by atoms with Gasteiger partial charge in [-0.15, -0.1) is 5.10 Å². The number of H-pyrrole nitrogens is 1. The Kier molecular flexibility index (Phi) is 4.57. The molecule has 1 unspecified atom stereocenters. The third-order valence-corrected chi connectivity index (χ3v) is 4.38. The van der Waals surface area contributed by atoms with Gasteiger partial charge in [-0.3, -0.25) is 9.89 Å². The molecule has 4 rings (SSSR count). The second-order valence-corrected chi connectivity index (χ2v) is 6.40. The molecule has 0 saturated heterocycles. The molecule has 9 heteroatoms. The summed E-state index contributed by atoms with van der Waals surface area (Å²) < 4.78 is 1.51. The second kappa shape index (κ2) is 7.18. The van der Waals surface area contributed by atoms with E-state index < -0.39 is 12.0 Å². The molecule has 0 saturated carbocycles. The fourth-order valence-electron chi connectivity index (χ4n) is 2.65. The first-order valence-corrected chi connectivity index (χ1v) is 8.55. The van der Waals surface area contributed by atoms with Crippen molar-refractivity contribution in [3.05, 3.63) is 71.1 Å². The van der Waals surface area contributed by atoms with E-state index >= 15 is 0 Å². The lowest BCUT2D eigenvalue weighted by atomic mass is 10.1. The predicted octanol–water partition coefficient (Wildman–Crippen LogP) is 2.26. The van der Waals surface area contributed by atoms with Crippen molar-refractivity contribution in [1.29, 1.82) is 0 Å². The number of nitrogens with zero attached hydrogens (tertiary/aromatic N) is 4. The number of fused-ring (bicyclic) bond motifs is 1. The van der Waals surface area contributed by atoms with E-state index in [1.165, 1.54) is 10.9 Å². The molecule has 2 heterocycles. The number of aromatic amines is 1. The Morgan fingerprint density at radius 1 is 1.26 bits per heavy atom. The molecule has 0 fully saturated rings. The number of nitrogens with one attached hydrogen (secondary N) is 2. The fraction of sp³-hybridized carbons (Fsp3) is 0.111. The Balaban J connectivity index is 1.43. The van der Waals surface area contributed by atoms with Gasteiger partial charge < -0.3 is 10.4 Å². The summed E-state index contributed by atoms with van der Waals surface area (Å²) in [6, 6.07) is 12.4. The number of benzene rings is 2. The van der Waals surface area contributed by atoms with E-state index in [0.29, 0.717) is 10.6 Å². The minimum absolute atomic E-state index is 0.0499. The zero-order valence-electron chi connectivity index (χ0n) is 14.0. The molecule has 136 valence electrons. The number of carbonyl (C=O) groups is 1. The van der Waals surface area contributed by atoms with E-state index in [4.69, 9.17) is 11.6 Å². The summed E-state index contributed by atoms with van der Waals surface area (Å²) in [5.74, 6) is -0.418. The average Bonchev–Trinajstić information content (AvgIpc) is 3.35. The molecule has 3 N–H and O–H groups in total. The Morgan fingerprint density at radius 2 is 2.07 bits per heavy atom. The van der Waals surface area contributed by atoms with Gasteiger partial charge in [0.2, 0.25) is 0 Å². The van der Waals surface area contributed by atoms with Gasteiger partial charge in [-0.1, -0.05) is 28.9 Å². The van der Waals surface area contributed by atoms with Gasteiger partial charge in [0.15, 0.2) is 5.69 Å². The molecule has 1 atom stereocenters. The van der Waals surface area contributed by atoms with Crippen LogP contribution in [0.3, 0.4) is 0 Å². The van der Waals surface area contributed by atoms with Crippen LogP contribution in [0, 0.1) is 0 Å². The van der Waals surface area contributed by atoms with Crippen LogP contribution in [0.15, 0.2) is 54.9 Å². The molecular weight excluding hydrogens is 368 g/mol. The minimum Gasteiger partial charge on any atom is -0.387 e. The number of amides is 1. The number of aliphatic hydroxyl groups is 1. The summed E-state index contributed by atoms with van der Waals surface area (Å²) >= 11 is 5.83. The van der Waals surface area contributed by atoms with Gasteiger partial charge in [0, 0.05) is 17.0 Å². The summed E-state index contributed by atoms with van der Waals surface area (Å²) in [6.45, 7) is 0.0499. The highest BCUT2D eigenvalue weighted by Gasteiger charge is 2.14. The first-order valence-electron chi connectivity index (χ1n) is 8.18. The van der Waals surface area contributed by atoms with Crippen LogP contribution in [-0.2, 0) is 0 Å². The normalized spacial score (nSPS) is 12.2. The number of rotatable bonds is 5. The molecule has 0 radical (unpaired) electrons. The molecule has 4 aromatic rings. The molecule has 0 bridgehead atoms. The zero-order valence-corrected chi connectivity index (χ0v) is 14.8. The Bertz CT molecular complexity index is 1090. The van der Waals surface area contributed by atoms with Crippen molar-refractivity contribution in [2.45, 2.75) is 6.10 Å². The van der Waals surface area contributed by atoms with Crippen molar-refractivity contribution < 1.29 is 9.90 Å². The van der Waals surface area contributed by atoms with Gasteiger partial charge in [-0.25, -0.2) is 4.68 Å². The zero-order chi connectivity index (χ0) is 18.8. The maximum absolute atomic E-state index is 12.3. The second-order valence-electron chi connectivity index (χ2n) is 5.97. The van der Waals surface area contributed by atoms with E-state index in [1.807, 2.05) is 18.2 Å². The average molecular weight is 383 g/mol. The maximum Gasteiger partial charge on any atom is 0.273 e. The first kappa shape index (κ1) is 17.2. The third-order valence-electron chi connectivity index (χ3n) is 4.13. The molecule has 27 heavy (non-hydrogen) atoms. The van der Waals surface area contributed by atoms with Crippen LogP contribution in [0.2, 0.25) is 5.02 Å². The minimum atomic E-state index is -0.843. The summed E-state index contributed by atoms with van der Waals surface area (Å²) in [5.41, 5.74) is 2.49. The monoisotopic (exact) mass is 382 g/mol. The van der Waals surface area contributed by atoms with Crippen molar-refractivity contribution in [1.82, 2.24) is 30.5 Å². The SMILES string of the molecule is O=C(NCC(O)c1ccc(Cl)cc1)c1cn(-c2ccc3[nH]ncc3c2)nn1. The van der Waals surface area contributed by atoms with Crippen LogP contribution in [0.25, 0.3) is 16.6 Å². The quantitative estimate of drug-likeness (QED) is 0.490. The van der Waals surface area contributed by atoms with Crippen LogP contribution in [0.4, 0.5) is 0 Å². The van der Waals surface area contributed by atoms with Crippen LogP contribution in [-0.4, -0.2) is 42.7 Å². The maximum atomic E-state index is 12.3. The van der Waals surface area contributed by atoms with Crippen LogP contribution in [0.1, 0.15) is 22.2 Å². The van der Waals surface area contributed by atoms with Crippen LogP contribution < -0.4 is 5.32 Å². The number of hydrogen-bond acceptors (Lipinski definition) is 5. The molecule has 1 amide bonds. The lowest BCUT2D eigenvalue weighted by Crippen LogP contribution is -2.28. The van der Waals surface area contributed by atoms with Crippen molar-refractivity contribution >= 4 is 28.4 Å². The van der Waals surface area contributed by atoms with Gasteiger partial charge in [0.05, 0.1) is 29.7 Å². The fourth-order valence-corrected chi connectivity index (χ4v) is 2.78. The van der Waals surface area contributed by atoms with E-state index in [0.717, 1.165) is 16.6 Å². The molecule has 0 aliphatic heterocycles. The molecule has 2 aromatic heterocycles. The summed E-state index contributed by atoms with van der Waals surface area (Å²) in [6.07, 6.45) is 2.40. The smallest absolute Gasteiger partial charge is 0.273 e. The molecule has 0 aliphatic carbocycles. The molecule has 8 nitrogen and oxygen atoms in total. The predicted molar refractivity (Wildman–Crippen MR) is 99.8 cm³/mol. The lowest BCUT2D eigenvalue weighted by molar-refractivity contribution is 0.0911. The highest BCUT2D eigenvalue weighted by Crippen LogP contribution is 2.17. The van der Waals surface area contributed by atoms with Gasteiger partial charge >= 0.3 is 0 Å². The summed E-state index contributed by atoms with van der Waals surface area (Å²) in [5, 5.41) is 29.1. The van der Waals surface area contributed by atoms with Crippen molar-refractivity contribution in [2.75, 3.05) is 6.54 Å². The van der Waals surface area contributed by atoms with E-state index in [9.17, 15) is 9.90 Å². The van der Waals surface area contributed by atoms with Crippen LogP contribution >= 0.6 is 11.6 Å². The van der Waals surface area contributed by atoms with Gasteiger partial charge in [-0.2, -0.15) is 5.10 Å². The molecular formula is C18H15ClN6O2. The largest absolute Gasteiger partial charge is 0.387 e. The first-order chi connectivity index (χ1) is 13.1. The number of aromatic nitrogens is 5. The van der Waals surface area contributed by atoms with Gasteiger partial charge in [0.1, 0.15) is 0 Å². The van der Waals surface area contributed by atoms with E-state index in [2.05, 4.69) is 25.8 Å². The van der Waals surface area contributed by atoms with Gasteiger partial charge in [-0.05, 0) is 35.9 Å². The Hall–Kier alpha value is -3.23. The highest BCUT2D eigenvalue weighted by atomic mass is 35.5. The number of hydrogen-bond donors (Lipinski definition) is 3. The molecule has 2 aromatic carbocycles. The van der Waals surface area contributed by atoms with Crippen molar-refractivity contribution in [2.24, 2.45) is 0 Å². The standard InChI is InChI=1S/C18H15ClN6O2/c19-13-3-1-11(2-4-13)17(26)9-20-18(27)16-10-25(24-23-16)14-5-6-15-12(7-14)8-21-22-15/h1-8,10,17,26H,9H2,(H,20,27)(H,21,22). The third kappa shape index (κ3) is 3.67. The lowest BCUT2D eigenvalue weighted by Gasteiger charge is -2.11.